The minimum absolute atomic E-state index is 0.180. The molecule has 24 heavy (non-hydrogen) atoms. The predicted molar refractivity (Wildman–Crippen MR) is 84.1 cm³/mol. The number of amides is 1. The lowest BCUT2D eigenvalue weighted by molar-refractivity contribution is -0.385. The second kappa shape index (κ2) is 7.36. The van der Waals surface area contributed by atoms with Crippen LogP contribution in [0.25, 0.3) is 0 Å². The molecule has 124 valence electrons. The zero-order chi connectivity index (χ0) is 17.7. The number of nitrogens with zero attached hydrogens (tertiary/aromatic N) is 1. The van der Waals surface area contributed by atoms with Crippen molar-refractivity contribution in [2.45, 2.75) is 19.4 Å². The Bertz CT molecular complexity index is 771. The molecule has 0 aromatic heterocycles. The monoisotopic (exact) mass is 327 g/mol. The molecule has 7 nitrogen and oxygen atoms in total. The van der Waals surface area contributed by atoms with Gasteiger partial charge in [-0.15, -0.1) is 0 Å². The molecule has 0 unspecified atom stereocenters. The molecule has 7 heteroatoms. The van der Waals surface area contributed by atoms with Gasteiger partial charge in [0.1, 0.15) is 0 Å². The van der Waals surface area contributed by atoms with E-state index in [1.165, 1.54) is 24.3 Å². The molecule has 2 aromatic rings. The van der Waals surface area contributed by atoms with Gasteiger partial charge in [-0.25, -0.2) is 0 Å². The molecule has 1 atom stereocenters. The number of benzene rings is 2. The number of hydrogen-bond acceptors (Lipinski definition) is 5. The van der Waals surface area contributed by atoms with Crippen molar-refractivity contribution in [2.75, 3.05) is 0 Å². The average Bonchev–Trinajstić information content (AvgIpc) is 2.54. The number of rotatable bonds is 6. The van der Waals surface area contributed by atoms with Gasteiger partial charge in [0.15, 0.2) is 0 Å². The minimum Gasteiger partial charge on any atom is -0.550 e. The molecule has 0 radical (unpaired) electrons. The molecule has 0 aliphatic rings. The van der Waals surface area contributed by atoms with Crippen molar-refractivity contribution in [3.63, 3.8) is 0 Å². The number of non-ortho nitro benzene ring substituents is 1. The van der Waals surface area contributed by atoms with Crippen LogP contribution in [0.1, 0.15) is 33.9 Å². The Morgan fingerprint density at radius 1 is 1.17 bits per heavy atom. The molecule has 0 aliphatic heterocycles. The molecule has 0 fully saturated rings. The number of carboxylic acid groups (broad SMARTS) is 1. The van der Waals surface area contributed by atoms with Crippen LogP contribution in [-0.4, -0.2) is 16.8 Å². The standard InChI is InChI=1S/C17H16N2O5/c1-11-5-7-12(8-6-11)17(22)18-15(10-16(20)21)13-3-2-4-14(9-13)19(23)24/h2-9,15H,10H2,1H3,(H,18,22)(H,20,21)/p-1/t15-/m0/s1. The molecule has 2 aromatic carbocycles. The first-order valence-electron chi connectivity index (χ1n) is 7.18. The number of hydrogen-bond donors (Lipinski definition) is 1. The van der Waals surface area contributed by atoms with Crippen LogP contribution in [0.4, 0.5) is 5.69 Å². The van der Waals surface area contributed by atoms with Gasteiger partial charge in [-0.3, -0.25) is 14.9 Å². The van der Waals surface area contributed by atoms with E-state index in [2.05, 4.69) is 5.32 Å². The molecule has 0 heterocycles. The summed E-state index contributed by atoms with van der Waals surface area (Å²) in [7, 11) is 0. The number of carbonyl (C=O) groups is 2. The summed E-state index contributed by atoms with van der Waals surface area (Å²) in [6.45, 7) is 1.88. The number of carboxylic acids is 1. The maximum atomic E-state index is 12.3. The van der Waals surface area contributed by atoms with Crippen LogP contribution in [-0.2, 0) is 4.79 Å². The second-order valence-corrected chi connectivity index (χ2v) is 5.32. The third kappa shape index (κ3) is 4.39. The van der Waals surface area contributed by atoms with E-state index in [1.807, 2.05) is 6.92 Å². The van der Waals surface area contributed by atoms with Crippen molar-refractivity contribution >= 4 is 17.6 Å². The number of aryl methyl sites for hydroxylation is 1. The van der Waals surface area contributed by atoms with E-state index in [4.69, 9.17) is 0 Å². The summed E-state index contributed by atoms with van der Waals surface area (Å²) in [6, 6.07) is 11.3. The van der Waals surface area contributed by atoms with Crippen LogP contribution >= 0.6 is 0 Å². The van der Waals surface area contributed by atoms with E-state index < -0.39 is 29.3 Å². The maximum Gasteiger partial charge on any atom is 0.269 e. The minimum atomic E-state index is -1.37. The number of nitrogens with one attached hydrogen (secondary N) is 1. The Morgan fingerprint density at radius 3 is 2.42 bits per heavy atom. The zero-order valence-corrected chi connectivity index (χ0v) is 12.9. The Labute approximate surface area is 138 Å². The van der Waals surface area contributed by atoms with Crippen molar-refractivity contribution < 1.29 is 19.6 Å². The first-order valence-corrected chi connectivity index (χ1v) is 7.18. The summed E-state index contributed by atoms with van der Waals surface area (Å²) >= 11 is 0. The quantitative estimate of drug-likeness (QED) is 0.638. The highest BCUT2D eigenvalue weighted by Gasteiger charge is 2.18. The lowest BCUT2D eigenvalue weighted by atomic mass is 10.0. The highest BCUT2D eigenvalue weighted by atomic mass is 16.6. The van der Waals surface area contributed by atoms with E-state index in [-0.39, 0.29) is 5.69 Å². The average molecular weight is 327 g/mol. The lowest BCUT2D eigenvalue weighted by Gasteiger charge is -2.20. The summed E-state index contributed by atoms with van der Waals surface area (Å²) < 4.78 is 0. The SMILES string of the molecule is Cc1ccc(C(=O)N[C@@H](CC(=O)[O-])c2cccc([N+](=O)[O-])c2)cc1. The van der Waals surface area contributed by atoms with Crippen LogP contribution in [0.3, 0.4) is 0 Å². The molecule has 2 rings (SSSR count). The van der Waals surface area contributed by atoms with Crippen LogP contribution in [0, 0.1) is 17.0 Å². The van der Waals surface area contributed by atoms with Crippen molar-refractivity contribution in [1.29, 1.82) is 0 Å². The number of nitro benzene ring substituents is 1. The van der Waals surface area contributed by atoms with E-state index in [0.29, 0.717) is 11.1 Å². The summed E-state index contributed by atoms with van der Waals surface area (Å²) in [5.41, 5.74) is 1.50. The van der Waals surface area contributed by atoms with E-state index in [9.17, 15) is 24.8 Å². The maximum absolute atomic E-state index is 12.3. The molecule has 1 amide bonds. The third-order valence-corrected chi connectivity index (χ3v) is 3.47. The highest BCUT2D eigenvalue weighted by molar-refractivity contribution is 5.94. The third-order valence-electron chi connectivity index (χ3n) is 3.47. The summed E-state index contributed by atoms with van der Waals surface area (Å²) in [5.74, 6) is -1.83. The fraction of sp³-hybridized carbons (Fsp3) is 0.176. The molecule has 0 saturated carbocycles. The van der Waals surface area contributed by atoms with Crippen LogP contribution < -0.4 is 10.4 Å². The number of aliphatic carboxylic acids is 1. The van der Waals surface area contributed by atoms with Crippen molar-refractivity contribution in [1.82, 2.24) is 5.32 Å². The van der Waals surface area contributed by atoms with Gasteiger partial charge in [-0.2, -0.15) is 0 Å². The summed E-state index contributed by atoms with van der Waals surface area (Å²) in [5, 5.41) is 24.4. The van der Waals surface area contributed by atoms with Gasteiger partial charge in [-0.05, 0) is 24.6 Å². The Kier molecular flexibility index (Phi) is 5.26. The molecule has 1 N–H and O–H groups in total. The fourth-order valence-corrected chi connectivity index (χ4v) is 2.22. The normalized spacial score (nSPS) is 11.5. The van der Waals surface area contributed by atoms with Gasteiger partial charge in [-0.1, -0.05) is 29.8 Å². The fourth-order valence-electron chi connectivity index (χ4n) is 2.22. The Hall–Kier alpha value is -3.22. The Morgan fingerprint density at radius 2 is 1.83 bits per heavy atom. The predicted octanol–water partition coefficient (Wildman–Crippen LogP) is 1.51. The van der Waals surface area contributed by atoms with Gasteiger partial charge in [0.2, 0.25) is 0 Å². The number of carbonyl (C=O) groups excluding carboxylic acids is 2. The van der Waals surface area contributed by atoms with Gasteiger partial charge in [0.05, 0.1) is 11.0 Å². The van der Waals surface area contributed by atoms with Crippen LogP contribution in [0.15, 0.2) is 48.5 Å². The molecular formula is C17H15N2O5-. The molecule has 0 saturated heterocycles. The summed E-state index contributed by atoms with van der Waals surface area (Å²) in [6.07, 6.45) is -0.487. The zero-order valence-electron chi connectivity index (χ0n) is 12.9. The first kappa shape index (κ1) is 17.1. The topological polar surface area (TPSA) is 112 Å². The van der Waals surface area contributed by atoms with Crippen LogP contribution in [0.5, 0.6) is 0 Å². The lowest BCUT2D eigenvalue weighted by Crippen LogP contribution is -2.34. The second-order valence-electron chi connectivity index (χ2n) is 5.32. The smallest absolute Gasteiger partial charge is 0.269 e. The molecule has 0 bridgehead atoms. The van der Waals surface area contributed by atoms with E-state index in [1.54, 1.807) is 24.3 Å². The van der Waals surface area contributed by atoms with Gasteiger partial charge in [0, 0.05) is 30.1 Å². The van der Waals surface area contributed by atoms with Gasteiger partial charge >= 0.3 is 0 Å². The Balaban J connectivity index is 2.26. The largest absolute Gasteiger partial charge is 0.550 e. The van der Waals surface area contributed by atoms with Crippen molar-refractivity contribution in [3.05, 3.63) is 75.3 Å². The van der Waals surface area contributed by atoms with E-state index in [0.717, 1.165) is 5.56 Å². The summed E-state index contributed by atoms with van der Waals surface area (Å²) in [4.78, 5) is 33.5. The van der Waals surface area contributed by atoms with Crippen molar-refractivity contribution in [2.24, 2.45) is 0 Å². The van der Waals surface area contributed by atoms with Crippen molar-refractivity contribution in [3.8, 4) is 0 Å². The molecular weight excluding hydrogens is 312 g/mol. The number of nitro groups is 1. The first-order chi connectivity index (χ1) is 11.4. The van der Waals surface area contributed by atoms with Crippen LogP contribution in [0.2, 0.25) is 0 Å². The highest BCUT2D eigenvalue weighted by Crippen LogP contribution is 2.22. The van der Waals surface area contributed by atoms with E-state index >= 15 is 0 Å². The molecule has 0 spiro atoms. The molecule has 0 aliphatic carbocycles. The van der Waals surface area contributed by atoms with Gasteiger partial charge in [0.25, 0.3) is 11.6 Å². The van der Waals surface area contributed by atoms with Gasteiger partial charge < -0.3 is 15.2 Å².